The van der Waals surface area contributed by atoms with Gasteiger partial charge in [0.2, 0.25) is 0 Å². The van der Waals surface area contributed by atoms with Crippen LogP contribution in [0.5, 0.6) is 0 Å². The molecule has 0 spiro atoms. The zero-order valence-electron chi connectivity index (χ0n) is 42.6. The molecule has 0 amide bonds. The molecule has 1 atom stereocenters. The first kappa shape index (κ1) is 57.3. The third kappa shape index (κ3) is 27.5. The number of hydrogen-bond acceptors (Lipinski definition) is 5. The van der Waals surface area contributed by atoms with Crippen LogP contribution in [0.15, 0.2) is 78.9 Å². The van der Waals surface area contributed by atoms with Crippen molar-refractivity contribution < 1.29 is 8.78 Å². The van der Waals surface area contributed by atoms with Gasteiger partial charge in [0.25, 0.3) is 0 Å². The molecule has 0 radical (unpaired) electrons. The number of benzene rings is 3. The Bertz CT molecular complexity index is 1400. The molecule has 6 rings (SSSR count). The molecule has 0 bridgehead atoms. The van der Waals surface area contributed by atoms with Crippen LogP contribution >= 0.6 is 0 Å². The third-order valence-electron chi connectivity index (χ3n) is 11.8. The second-order valence-electron chi connectivity index (χ2n) is 19.9. The Morgan fingerprint density at radius 1 is 0.468 bits per heavy atom. The molecule has 3 aliphatic heterocycles. The van der Waals surface area contributed by atoms with E-state index in [-0.39, 0.29) is 11.6 Å². The summed E-state index contributed by atoms with van der Waals surface area (Å²) in [6.45, 7) is 40.4. The molecule has 3 heterocycles. The second kappa shape index (κ2) is 32.9. The number of hydrogen-bond donors (Lipinski definition) is 0. The van der Waals surface area contributed by atoms with E-state index < -0.39 is 0 Å². The van der Waals surface area contributed by atoms with Crippen LogP contribution in [0.25, 0.3) is 0 Å². The summed E-state index contributed by atoms with van der Waals surface area (Å²) in [6.07, 6.45) is 7.52. The number of likely N-dealkylation sites (N-methyl/N-ethyl adjacent to an activating group) is 2. The molecule has 1 unspecified atom stereocenters. The van der Waals surface area contributed by atoms with Gasteiger partial charge >= 0.3 is 0 Å². The lowest BCUT2D eigenvalue weighted by molar-refractivity contribution is 0.216. The van der Waals surface area contributed by atoms with Gasteiger partial charge in [-0.1, -0.05) is 96.1 Å². The maximum absolute atomic E-state index is 12.4. The molecule has 3 fully saturated rings. The average Bonchev–Trinajstić information content (AvgIpc) is 3.37. The molecule has 62 heavy (non-hydrogen) atoms. The third-order valence-corrected chi connectivity index (χ3v) is 11.8. The minimum absolute atomic E-state index is 0.155. The van der Waals surface area contributed by atoms with E-state index in [1.165, 1.54) is 126 Å². The van der Waals surface area contributed by atoms with E-state index in [4.69, 9.17) is 0 Å². The van der Waals surface area contributed by atoms with Crippen LogP contribution in [0.2, 0.25) is 0 Å². The van der Waals surface area contributed by atoms with Gasteiger partial charge in [0.1, 0.15) is 11.6 Å². The summed E-state index contributed by atoms with van der Waals surface area (Å²) >= 11 is 0. The molecule has 3 aromatic rings. The fraction of sp³-hybridized carbons (Fsp3) is 0.673. The molecule has 3 saturated heterocycles. The van der Waals surface area contributed by atoms with Gasteiger partial charge in [-0.15, -0.1) is 0 Å². The second-order valence-corrected chi connectivity index (χ2v) is 19.9. The van der Waals surface area contributed by atoms with Crippen LogP contribution in [0, 0.1) is 23.5 Å². The Kier molecular flexibility index (Phi) is 30.4. The van der Waals surface area contributed by atoms with Crippen LogP contribution in [-0.4, -0.2) is 122 Å². The largest absolute Gasteiger partial charge is 0.305 e. The molecule has 354 valence electrons. The molecule has 0 aromatic heterocycles. The van der Waals surface area contributed by atoms with Crippen molar-refractivity contribution >= 4 is 0 Å². The van der Waals surface area contributed by atoms with Gasteiger partial charge in [0, 0.05) is 50.3 Å². The highest BCUT2D eigenvalue weighted by atomic mass is 19.1. The lowest BCUT2D eigenvalue weighted by atomic mass is 10.0. The summed E-state index contributed by atoms with van der Waals surface area (Å²) in [6, 6.07) is 27.0. The normalized spacial score (nSPS) is 18.1. The Labute approximate surface area is 382 Å². The maximum atomic E-state index is 12.4. The molecule has 3 aromatic carbocycles. The smallest absolute Gasteiger partial charge is 0.123 e. The molecule has 0 N–H and O–H groups in total. The van der Waals surface area contributed by atoms with E-state index in [0.29, 0.717) is 17.8 Å². The molecule has 0 saturated carbocycles. The summed E-state index contributed by atoms with van der Waals surface area (Å²) in [5, 5.41) is 0. The van der Waals surface area contributed by atoms with Crippen molar-refractivity contribution in [3.63, 3.8) is 0 Å². The minimum atomic E-state index is -0.155. The zero-order chi connectivity index (χ0) is 46.6. The Morgan fingerprint density at radius 3 is 1.15 bits per heavy atom. The van der Waals surface area contributed by atoms with Gasteiger partial charge in [0.05, 0.1) is 0 Å². The highest BCUT2D eigenvalue weighted by Crippen LogP contribution is 2.18. The van der Waals surface area contributed by atoms with Crippen LogP contribution in [0.4, 0.5) is 8.78 Å². The quantitative estimate of drug-likeness (QED) is 0.224. The standard InChI is InChI=1S/2C10H13F.2C9H20N2.C9H12.C8H17N/c2*1-8(2)7-9-3-5-10(11)6-4-9;2*1-9(2)11-6-4-5-10(3)7-8-11;1-8(2)9-6-4-3-5-7-9;1-7(2)9-6-4-5-8(9)3/h2*3-6,8H,7H2,1-2H3;2*9H,4-8H2,1-3H3;3-8H,1-2H3;7-8H,4-6H2,1-3H3. The number of nitrogens with zero attached hydrogens (tertiary/aromatic N) is 5. The van der Waals surface area contributed by atoms with E-state index in [2.05, 4.69) is 153 Å². The van der Waals surface area contributed by atoms with Gasteiger partial charge in [-0.25, -0.2) is 8.78 Å². The Hall–Kier alpha value is -2.68. The molecule has 7 heteroatoms. The first-order valence-electron chi connectivity index (χ1n) is 24.4. The van der Waals surface area contributed by atoms with E-state index in [1.807, 2.05) is 30.3 Å². The van der Waals surface area contributed by atoms with Crippen molar-refractivity contribution in [2.75, 3.05) is 73.0 Å². The van der Waals surface area contributed by atoms with Crippen molar-refractivity contribution in [1.29, 1.82) is 0 Å². The van der Waals surface area contributed by atoms with Gasteiger partial charge < -0.3 is 9.80 Å². The topological polar surface area (TPSA) is 16.2 Å². The van der Waals surface area contributed by atoms with Gasteiger partial charge in [-0.05, 0) is 193 Å². The van der Waals surface area contributed by atoms with Crippen LogP contribution in [0.1, 0.15) is 138 Å². The van der Waals surface area contributed by atoms with Crippen molar-refractivity contribution in [2.24, 2.45) is 11.8 Å². The SMILES string of the molecule is CC(C)Cc1ccc(F)cc1.CC(C)Cc1ccc(F)cc1.CC(C)N1CCCC1C.CC(C)N1CCCN(C)CC1.CC(C)N1CCCN(C)CC1.CC(C)c1ccccc1. The molecular weight excluding hydrogens is 769 g/mol. The van der Waals surface area contributed by atoms with Crippen LogP contribution in [-0.2, 0) is 12.8 Å². The van der Waals surface area contributed by atoms with Crippen LogP contribution in [0.3, 0.4) is 0 Å². The van der Waals surface area contributed by atoms with Gasteiger partial charge in [0.15, 0.2) is 0 Å². The molecule has 5 nitrogen and oxygen atoms in total. The predicted molar refractivity (Wildman–Crippen MR) is 269 cm³/mol. The fourth-order valence-corrected chi connectivity index (χ4v) is 7.91. The first-order chi connectivity index (χ1) is 29.3. The summed E-state index contributed by atoms with van der Waals surface area (Å²) in [5.41, 5.74) is 3.83. The van der Waals surface area contributed by atoms with Crippen molar-refractivity contribution in [3.8, 4) is 0 Å². The van der Waals surface area contributed by atoms with Crippen molar-refractivity contribution in [1.82, 2.24) is 24.5 Å². The molecular formula is C55H95F2N5. The number of halogens is 2. The summed E-state index contributed by atoms with van der Waals surface area (Å²) in [7, 11) is 4.42. The van der Waals surface area contributed by atoms with E-state index >= 15 is 0 Å². The minimum Gasteiger partial charge on any atom is -0.305 e. The van der Waals surface area contributed by atoms with Gasteiger partial charge in [-0.3, -0.25) is 14.7 Å². The number of rotatable bonds is 8. The van der Waals surface area contributed by atoms with E-state index in [1.54, 1.807) is 0 Å². The highest BCUT2D eigenvalue weighted by Gasteiger charge is 2.21. The molecule has 0 aliphatic carbocycles. The van der Waals surface area contributed by atoms with E-state index in [9.17, 15) is 8.78 Å². The van der Waals surface area contributed by atoms with Crippen LogP contribution < -0.4 is 0 Å². The Balaban J connectivity index is 0.000000373. The van der Waals surface area contributed by atoms with Crippen molar-refractivity contribution in [3.05, 3.63) is 107 Å². The average molecular weight is 864 g/mol. The number of likely N-dealkylation sites (tertiary alicyclic amines) is 1. The molecule has 3 aliphatic rings. The monoisotopic (exact) mass is 864 g/mol. The Morgan fingerprint density at radius 2 is 0.871 bits per heavy atom. The zero-order valence-corrected chi connectivity index (χ0v) is 42.6. The van der Waals surface area contributed by atoms with E-state index in [0.717, 1.165) is 37.0 Å². The lowest BCUT2D eigenvalue weighted by Crippen LogP contribution is -2.34. The first-order valence-corrected chi connectivity index (χ1v) is 24.4. The van der Waals surface area contributed by atoms with Crippen molar-refractivity contribution in [2.45, 2.75) is 159 Å². The highest BCUT2D eigenvalue weighted by molar-refractivity contribution is 5.18. The summed E-state index contributed by atoms with van der Waals surface area (Å²) in [4.78, 5) is 12.5. The van der Waals surface area contributed by atoms with Gasteiger partial charge in [-0.2, -0.15) is 0 Å². The predicted octanol–water partition coefficient (Wildman–Crippen LogP) is 12.8. The summed E-state index contributed by atoms with van der Waals surface area (Å²) in [5.74, 6) is 1.63. The summed E-state index contributed by atoms with van der Waals surface area (Å²) < 4.78 is 24.8. The fourth-order valence-electron chi connectivity index (χ4n) is 7.91. The maximum Gasteiger partial charge on any atom is 0.123 e. The lowest BCUT2D eigenvalue weighted by Gasteiger charge is -2.24.